The monoisotopic (exact) mass is 661 g/mol. The first-order chi connectivity index (χ1) is 24.7. The van der Waals surface area contributed by atoms with Crippen molar-refractivity contribution in [3.63, 3.8) is 0 Å². The molecule has 10 rings (SSSR count). The minimum Gasteiger partial charge on any atom is -0.461 e. The van der Waals surface area contributed by atoms with E-state index in [4.69, 9.17) is 4.74 Å². The number of fused-ring (bicyclic) bond motifs is 6. The van der Waals surface area contributed by atoms with Crippen LogP contribution in [0.5, 0.6) is 5.75 Å². The molecule has 0 radical (unpaired) electrons. The molecule has 2 fully saturated rings. The maximum atomic E-state index is 7.44. The fourth-order valence-corrected chi connectivity index (χ4v) is 12.7. The molecule has 2 heteroatoms. The van der Waals surface area contributed by atoms with E-state index in [1.165, 1.54) is 112 Å². The van der Waals surface area contributed by atoms with Crippen molar-refractivity contribution < 1.29 is 4.74 Å². The predicted molar refractivity (Wildman–Crippen MR) is 205 cm³/mol. The first-order valence-electron chi connectivity index (χ1n) is 20.5. The second-order valence-corrected chi connectivity index (χ2v) is 17.0. The molecule has 258 valence electrons. The average Bonchev–Trinajstić information content (AvgIpc) is 3.70. The molecule has 2 aromatic carbocycles. The number of allylic oxidation sites excluding steroid dienone is 8. The number of benzene rings is 2. The maximum absolute atomic E-state index is 7.44. The summed E-state index contributed by atoms with van der Waals surface area (Å²) >= 11 is 0. The number of rotatable bonds is 5. The van der Waals surface area contributed by atoms with Crippen LogP contribution in [0.4, 0.5) is 0 Å². The molecule has 1 heterocycles. The van der Waals surface area contributed by atoms with Gasteiger partial charge in [0, 0.05) is 40.6 Å². The Balaban J connectivity index is 1.09. The molecule has 2 nitrogen and oxygen atoms in total. The summed E-state index contributed by atoms with van der Waals surface area (Å²) in [5.41, 5.74) is 9.24. The van der Waals surface area contributed by atoms with Gasteiger partial charge >= 0.3 is 0 Å². The quantitative estimate of drug-likeness (QED) is 0.296. The van der Waals surface area contributed by atoms with Crippen molar-refractivity contribution >= 4 is 0 Å². The molecule has 8 aliphatic rings. The third-order valence-corrected chi connectivity index (χ3v) is 14.6. The molecule has 0 saturated heterocycles. The van der Waals surface area contributed by atoms with Gasteiger partial charge in [-0.25, -0.2) is 0 Å². The van der Waals surface area contributed by atoms with Crippen molar-refractivity contribution in [1.29, 1.82) is 0 Å². The van der Waals surface area contributed by atoms with Crippen LogP contribution >= 0.6 is 0 Å². The highest BCUT2D eigenvalue weighted by Crippen LogP contribution is 2.66. The van der Waals surface area contributed by atoms with E-state index >= 15 is 0 Å². The molecular formula is C48H55NO. The summed E-state index contributed by atoms with van der Waals surface area (Å²) < 4.78 is 7.44. The lowest BCUT2D eigenvalue weighted by molar-refractivity contribution is 0.0723. The van der Waals surface area contributed by atoms with Gasteiger partial charge in [0.05, 0.1) is 0 Å². The Hall–Kier alpha value is -3.36. The van der Waals surface area contributed by atoms with Gasteiger partial charge in [0.2, 0.25) is 0 Å². The van der Waals surface area contributed by atoms with Gasteiger partial charge in [0.25, 0.3) is 0 Å². The molecule has 0 bridgehead atoms. The summed E-state index contributed by atoms with van der Waals surface area (Å²) in [6.45, 7) is 2.53. The van der Waals surface area contributed by atoms with Crippen LogP contribution in [0.3, 0.4) is 0 Å². The first kappa shape index (κ1) is 31.4. The van der Waals surface area contributed by atoms with E-state index in [1.807, 2.05) is 0 Å². The number of hydrogen-bond acceptors (Lipinski definition) is 2. The van der Waals surface area contributed by atoms with E-state index in [1.54, 1.807) is 16.7 Å². The topological polar surface area (TPSA) is 12.5 Å². The molecule has 50 heavy (non-hydrogen) atoms. The molecule has 7 aliphatic carbocycles. The normalized spacial score (nSPS) is 35.8. The van der Waals surface area contributed by atoms with Crippen LogP contribution in [-0.2, 0) is 5.41 Å². The SMILES string of the molecule is C[C@@H]1CC(N(C2CCCCC2)C2CC=CC3=C2C=CCC3)C=C2Oc3c(cccc3C3(c4ccccc4)C4CCCC=C4C4CCC=CC43)C21. The van der Waals surface area contributed by atoms with Crippen LogP contribution in [0.15, 0.2) is 120 Å². The third kappa shape index (κ3) is 4.76. The Morgan fingerprint density at radius 2 is 1.72 bits per heavy atom. The van der Waals surface area contributed by atoms with E-state index in [9.17, 15) is 0 Å². The van der Waals surface area contributed by atoms with Crippen LogP contribution in [-0.4, -0.2) is 23.0 Å². The van der Waals surface area contributed by atoms with Gasteiger partial charge in [-0.15, -0.1) is 0 Å². The highest BCUT2D eigenvalue weighted by atomic mass is 16.5. The van der Waals surface area contributed by atoms with E-state index < -0.39 is 0 Å². The van der Waals surface area contributed by atoms with E-state index in [2.05, 4.69) is 109 Å². The van der Waals surface area contributed by atoms with Crippen molar-refractivity contribution in [2.75, 3.05) is 0 Å². The van der Waals surface area contributed by atoms with Crippen LogP contribution in [0.2, 0.25) is 0 Å². The van der Waals surface area contributed by atoms with E-state index in [0.717, 1.165) is 6.42 Å². The lowest BCUT2D eigenvalue weighted by Crippen LogP contribution is -2.52. The maximum Gasteiger partial charge on any atom is 0.135 e. The second kappa shape index (κ2) is 12.7. The zero-order valence-corrected chi connectivity index (χ0v) is 30.1. The number of para-hydroxylation sites is 1. The Bertz CT molecular complexity index is 1810. The Morgan fingerprint density at radius 3 is 2.62 bits per heavy atom. The van der Waals surface area contributed by atoms with Crippen LogP contribution in [0.1, 0.15) is 119 Å². The largest absolute Gasteiger partial charge is 0.461 e. The van der Waals surface area contributed by atoms with Gasteiger partial charge in [-0.3, -0.25) is 4.90 Å². The second-order valence-electron chi connectivity index (χ2n) is 17.0. The van der Waals surface area contributed by atoms with Crippen molar-refractivity contribution in [2.45, 2.75) is 126 Å². The van der Waals surface area contributed by atoms with Gasteiger partial charge in [-0.1, -0.05) is 123 Å². The molecule has 2 aromatic rings. The van der Waals surface area contributed by atoms with Crippen molar-refractivity contribution in [3.8, 4) is 5.75 Å². The van der Waals surface area contributed by atoms with Crippen LogP contribution in [0, 0.1) is 23.7 Å². The van der Waals surface area contributed by atoms with Gasteiger partial charge in [-0.05, 0) is 117 Å². The first-order valence-corrected chi connectivity index (χ1v) is 20.5. The van der Waals surface area contributed by atoms with Gasteiger partial charge in [0.15, 0.2) is 0 Å². The number of hydrogen-bond donors (Lipinski definition) is 0. The molecule has 1 aliphatic heterocycles. The van der Waals surface area contributed by atoms with Gasteiger partial charge < -0.3 is 4.74 Å². The zero-order valence-electron chi connectivity index (χ0n) is 30.1. The molecule has 0 aromatic heterocycles. The van der Waals surface area contributed by atoms with E-state index in [-0.39, 0.29) is 5.41 Å². The average molecular weight is 662 g/mol. The standard InChI is InChI=1S/C48H55NO/c1-32-30-36(49(35-20-6-3-7-21-35)44-29-14-17-33-16-8-9-22-37(33)44)31-45-46(32)40-25-15-28-43(47(40)50-45)48(34-18-4-2-5-19-34)41-26-12-10-23-38(41)39-24-11-13-27-42(39)48/h2,4-5,9,12,14-15,17-19,22,24-26,28,31-32,35-36,38,41-42,44,46H,3,6-8,10-11,13,16,20-21,23,27,29-30H2,1H3/t32-,36?,38?,41?,42?,44?,46?,48?/m1/s1. The lowest BCUT2D eigenvalue weighted by Gasteiger charge is -2.48. The summed E-state index contributed by atoms with van der Waals surface area (Å²) in [6, 6.07) is 20.5. The lowest BCUT2D eigenvalue weighted by atomic mass is 9.59. The summed E-state index contributed by atoms with van der Waals surface area (Å²) in [7, 11) is 0. The zero-order chi connectivity index (χ0) is 33.2. The summed E-state index contributed by atoms with van der Waals surface area (Å²) in [5.74, 6) is 4.95. The fourth-order valence-electron chi connectivity index (χ4n) is 12.7. The predicted octanol–water partition coefficient (Wildman–Crippen LogP) is 11.7. The third-order valence-electron chi connectivity index (χ3n) is 14.6. The minimum atomic E-state index is -0.101. The molecule has 7 unspecified atom stereocenters. The van der Waals surface area contributed by atoms with Crippen molar-refractivity contribution in [3.05, 3.63) is 136 Å². The summed E-state index contributed by atoms with van der Waals surface area (Å²) in [5, 5.41) is 0. The summed E-state index contributed by atoms with van der Waals surface area (Å²) in [6.07, 6.45) is 38.1. The number of nitrogens with zero attached hydrogens (tertiary/aromatic N) is 1. The van der Waals surface area contributed by atoms with Crippen LogP contribution < -0.4 is 4.74 Å². The fraction of sp³-hybridized carbons (Fsp3) is 0.500. The van der Waals surface area contributed by atoms with Crippen molar-refractivity contribution in [2.24, 2.45) is 23.7 Å². The smallest absolute Gasteiger partial charge is 0.135 e. The Morgan fingerprint density at radius 1 is 0.820 bits per heavy atom. The Kier molecular flexibility index (Phi) is 7.97. The van der Waals surface area contributed by atoms with Gasteiger partial charge in [-0.2, -0.15) is 0 Å². The molecule has 0 N–H and O–H groups in total. The molecule has 8 atom stereocenters. The number of ether oxygens (including phenoxy) is 1. The minimum absolute atomic E-state index is 0.101. The van der Waals surface area contributed by atoms with E-state index in [0.29, 0.717) is 47.7 Å². The molecule has 0 amide bonds. The highest BCUT2D eigenvalue weighted by molar-refractivity contribution is 5.62. The van der Waals surface area contributed by atoms with Crippen LogP contribution in [0.25, 0.3) is 0 Å². The molecular weight excluding hydrogens is 607 g/mol. The summed E-state index contributed by atoms with van der Waals surface area (Å²) in [4.78, 5) is 3.01. The van der Waals surface area contributed by atoms with Gasteiger partial charge in [0.1, 0.15) is 11.5 Å². The highest BCUT2D eigenvalue weighted by Gasteiger charge is 2.60. The Labute approximate surface area is 300 Å². The van der Waals surface area contributed by atoms with Crippen molar-refractivity contribution in [1.82, 2.24) is 4.90 Å². The molecule has 2 saturated carbocycles. The molecule has 0 spiro atoms.